The molecule has 21 heavy (non-hydrogen) atoms. The van der Waals surface area contributed by atoms with Crippen LogP contribution >= 0.6 is 0 Å². The van der Waals surface area contributed by atoms with Crippen LogP contribution < -0.4 is 4.74 Å². The molecule has 0 bridgehead atoms. The van der Waals surface area contributed by atoms with Crippen molar-refractivity contribution in [1.82, 2.24) is 0 Å². The van der Waals surface area contributed by atoms with Crippen LogP contribution in [0, 0.1) is 11.6 Å². The van der Waals surface area contributed by atoms with Crippen molar-refractivity contribution in [3.8, 4) is 5.75 Å². The van der Waals surface area contributed by atoms with Gasteiger partial charge < -0.3 is 9.84 Å². The highest BCUT2D eigenvalue weighted by atomic mass is 19.3. The van der Waals surface area contributed by atoms with Gasteiger partial charge in [-0.25, -0.2) is 8.78 Å². The number of para-hydroxylation sites is 1. The number of aliphatic hydroxyl groups excluding tert-OH is 1. The third-order valence-corrected chi connectivity index (χ3v) is 2.94. The summed E-state index contributed by atoms with van der Waals surface area (Å²) in [5, 5.41) is 10.1. The van der Waals surface area contributed by atoms with Gasteiger partial charge in [0.15, 0.2) is 11.6 Å². The first-order chi connectivity index (χ1) is 9.99. The van der Waals surface area contributed by atoms with Crippen molar-refractivity contribution >= 4 is 0 Å². The van der Waals surface area contributed by atoms with Gasteiger partial charge in [-0.1, -0.05) is 30.3 Å². The zero-order chi connectivity index (χ0) is 15.4. The highest BCUT2D eigenvalue weighted by Gasteiger charge is 2.18. The van der Waals surface area contributed by atoms with Crippen LogP contribution in [0.2, 0.25) is 0 Å². The van der Waals surface area contributed by atoms with Crippen LogP contribution in [0.15, 0.2) is 42.5 Å². The van der Waals surface area contributed by atoms with Gasteiger partial charge in [-0.3, -0.25) is 0 Å². The quantitative estimate of drug-likeness (QED) is 0.850. The SMILES string of the molecule is OC(Cc1cccc(F)c1F)c1ccccc1OC(F)F. The first kappa shape index (κ1) is 15.3. The molecule has 2 rings (SSSR count). The Bertz CT molecular complexity index is 616. The van der Waals surface area contributed by atoms with Crippen molar-refractivity contribution in [3.05, 3.63) is 65.2 Å². The van der Waals surface area contributed by atoms with Gasteiger partial charge in [-0.2, -0.15) is 8.78 Å². The standard InChI is InChI=1S/C15H12F4O2/c16-11-6-3-4-9(14(11)17)8-12(20)10-5-1-2-7-13(10)21-15(18)19/h1-7,12,15,20H,8H2. The van der Waals surface area contributed by atoms with Crippen molar-refractivity contribution < 1.29 is 27.4 Å². The Morgan fingerprint density at radius 1 is 1.00 bits per heavy atom. The summed E-state index contributed by atoms with van der Waals surface area (Å²) in [6, 6.07) is 9.24. The maximum absolute atomic E-state index is 13.6. The highest BCUT2D eigenvalue weighted by molar-refractivity contribution is 5.36. The molecule has 2 aromatic carbocycles. The fourth-order valence-corrected chi connectivity index (χ4v) is 1.98. The summed E-state index contributed by atoms with van der Waals surface area (Å²) in [7, 11) is 0. The molecule has 0 aromatic heterocycles. The molecule has 0 amide bonds. The number of hydrogen-bond donors (Lipinski definition) is 1. The average molecular weight is 300 g/mol. The number of benzene rings is 2. The molecule has 0 aliphatic heterocycles. The van der Waals surface area contributed by atoms with Gasteiger partial charge in [0.1, 0.15) is 5.75 Å². The van der Waals surface area contributed by atoms with Crippen LogP contribution in [0.4, 0.5) is 17.6 Å². The van der Waals surface area contributed by atoms with E-state index < -0.39 is 24.3 Å². The van der Waals surface area contributed by atoms with E-state index in [1.807, 2.05) is 0 Å². The van der Waals surface area contributed by atoms with Crippen molar-refractivity contribution in [2.24, 2.45) is 0 Å². The zero-order valence-corrected chi connectivity index (χ0v) is 10.8. The molecule has 6 heteroatoms. The van der Waals surface area contributed by atoms with Crippen LogP contribution in [-0.2, 0) is 6.42 Å². The van der Waals surface area contributed by atoms with Crippen molar-refractivity contribution in [2.45, 2.75) is 19.1 Å². The molecule has 1 atom stereocenters. The number of alkyl halides is 2. The first-order valence-corrected chi connectivity index (χ1v) is 6.13. The number of halogens is 4. The second kappa shape index (κ2) is 6.58. The van der Waals surface area contributed by atoms with Gasteiger partial charge in [0.25, 0.3) is 0 Å². The lowest BCUT2D eigenvalue weighted by Crippen LogP contribution is -2.09. The molecule has 2 aromatic rings. The number of ether oxygens (including phenoxy) is 1. The average Bonchev–Trinajstić information content (AvgIpc) is 2.44. The van der Waals surface area contributed by atoms with E-state index in [4.69, 9.17) is 0 Å². The fraction of sp³-hybridized carbons (Fsp3) is 0.200. The Hall–Kier alpha value is -2.08. The normalized spacial score (nSPS) is 12.5. The minimum absolute atomic E-state index is 0.0469. The maximum atomic E-state index is 13.6. The van der Waals surface area contributed by atoms with Crippen LogP contribution in [0.5, 0.6) is 5.75 Å². The molecule has 1 N–H and O–H groups in total. The van der Waals surface area contributed by atoms with Gasteiger partial charge in [-0.05, 0) is 17.7 Å². The van der Waals surface area contributed by atoms with Crippen LogP contribution in [0.3, 0.4) is 0 Å². The summed E-state index contributed by atoms with van der Waals surface area (Å²) >= 11 is 0. The summed E-state index contributed by atoms with van der Waals surface area (Å²) < 4.78 is 55.5. The van der Waals surface area contributed by atoms with E-state index in [0.717, 1.165) is 6.07 Å². The van der Waals surface area contributed by atoms with E-state index >= 15 is 0 Å². The molecule has 0 spiro atoms. The first-order valence-electron chi connectivity index (χ1n) is 6.13. The van der Waals surface area contributed by atoms with Gasteiger partial charge >= 0.3 is 6.61 Å². The predicted octanol–water partition coefficient (Wildman–Crippen LogP) is 3.84. The summed E-state index contributed by atoms with van der Waals surface area (Å²) in [6.07, 6.45) is -1.55. The number of rotatable bonds is 5. The van der Waals surface area contributed by atoms with Crippen LogP contribution in [0.1, 0.15) is 17.2 Å². The second-order valence-corrected chi connectivity index (χ2v) is 4.35. The molecule has 0 aliphatic rings. The summed E-state index contributed by atoms with van der Waals surface area (Å²) in [5.74, 6) is -2.29. The van der Waals surface area contributed by atoms with Gasteiger partial charge in [-0.15, -0.1) is 0 Å². The van der Waals surface area contributed by atoms with E-state index in [9.17, 15) is 22.7 Å². The number of hydrogen-bond acceptors (Lipinski definition) is 2. The smallest absolute Gasteiger partial charge is 0.387 e. The molecule has 0 fully saturated rings. The Morgan fingerprint density at radius 2 is 1.71 bits per heavy atom. The Balaban J connectivity index is 2.24. The molecule has 0 saturated carbocycles. The maximum Gasteiger partial charge on any atom is 0.387 e. The minimum Gasteiger partial charge on any atom is -0.434 e. The lowest BCUT2D eigenvalue weighted by molar-refractivity contribution is -0.0515. The fourth-order valence-electron chi connectivity index (χ4n) is 1.98. The number of aliphatic hydroxyl groups is 1. The Kier molecular flexibility index (Phi) is 4.80. The van der Waals surface area contributed by atoms with Crippen molar-refractivity contribution in [1.29, 1.82) is 0 Å². The monoisotopic (exact) mass is 300 g/mol. The van der Waals surface area contributed by atoms with E-state index in [2.05, 4.69) is 4.74 Å². The largest absolute Gasteiger partial charge is 0.434 e. The predicted molar refractivity (Wildman–Crippen MR) is 68.1 cm³/mol. The molecule has 2 nitrogen and oxygen atoms in total. The zero-order valence-electron chi connectivity index (χ0n) is 10.8. The van der Waals surface area contributed by atoms with Gasteiger partial charge in [0, 0.05) is 12.0 Å². The minimum atomic E-state index is -3.04. The summed E-state index contributed by atoms with van der Waals surface area (Å²) in [5.41, 5.74) is 0.0378. The van der Waals surface area contributed by atoms with Crippen LogP contribution in [0.25, 0.3) is 0 Å². The molecule has 0 saturated heterocycles. The van der Waals surface area contributed by atoms with Gasteiger partial charge in [0.05, 0.1) is 6.10 Å². The Morgan fingerprint density at radius 3 is 2.43 bits per heavy atom. The highest BCUT2D eigenvalue weighted by Crippen LogP contribution is 2.29. The van der Waals surface area contributed by atoms with E-state index in [1.165, 1.54) is 36.4 Å². The Labute approximate surface area is 118 Å². The topological polar surface area (TPSA) is 29.5 Å². The molecule has 0 heterocycles. The lowest BCUT2D eigenvalue weighted by atomic mass is 10.00. The van der Waals surface area contributed by atoms with Crippen LogP contribution in [-0.4, -0.2) is 11.7 Å². The van der Waals surface area contributed by atoms with E-state index in [-0.39, 0.29) is 23.3 Å². The molecular weight excluding hydrogens is 288 g/mol. The molecule has 0 radical (unpaired) electrons. The van der Waals surface area contributed by atoms with Crippen molar-refractivity contribution in [2.75, 3.05) is 0 Å². The second-order valence-electron chi connectivity index (χ2n) is 4.35. The van der Waals surface area contributed by atoms with Gasteiger partial charge in [0.2, 0.25) is 0 Å². The summed E-state index contributed by atoms with van der Waals surface area (Å²) in [6.45, 7) is -3.04. The molecular formula is C15H12F4O2. The third-order valence-electron chi connectivity index (χ3n) is 2.94. The molecule has 0 aliphatic carbocycles. The molecule has 1 unspecified atom stereocenters. The van der Waals surface area contributed by atoms with Crippen molar-refractivity contribution in [3.63, 3.8) is 0 Å². The lowest BCUT2D eigenvalue weighted by Gasteiger charge is -2.16. The third kappa shape index (κ3) is 3.72. The van der Waals surface area contributed by atoms with E-state index in [0.29, 0.717) is 0 Å². The van der Waals surface area contributed by atoms with E-state index in [1.54, 1.807) is 0 Å². The molecule has 112 valence electrons. The summed E-state index contributed by atoms with van der Waals surface area (Å²) in [4.78, 5) is 0.